The predicted molar refractivity (Wildman–Crippen MR) is 86.9 cm³/mol. The molecule has 23 heavy (non-hydrogen) atoms. The number of aromatic nitrogens is 4. The van der Waals surface area contributed by atoms with Gasteiger partial charge in [0.2, 0.25) is 5.95 Å². The van der Waals surface area contributed by atoms with E-state index in [4.69, 9.17) is 0 Å². The number of halogens is 1. The van der Waals surface area contributed by atoms with E-state index in [2.05, 4.69) is 20.3 Å². The van der Waals surface area contributed by atoms with Gasteiger partial charge in [0.1, 0.15) is 5.82 Å². The van der Waals surface area contributed by atoms with E-state index in [0.29, 0.717) is 18.2 Å². The van der Waals surface area contributed by atoms with Crippen molar-refractivity contribution in [1.29, 1.82) is 0 Å². The van der Waals surface area contributed by atoms with Crippen molar-refractivity contribution in [2.75, 3.05) is 5.32 Å². The molecule has 6 heteroatoms. The zero-order valence-corrected chi connectivity index (χ0v) is 12.2. The molecular formula is C17H14FN5. The summed E-state index contributed by atoms with van der Waals surface area (Å²) in [5.41, 5.74) is 3.19. The molecule has 0 amide bonds. The van der Waals surface area contributed by atoms with E-state index in [9.17, 15) is 4.39 Å². The Hall–Kier alpha value is -3.15. The normalized spacial score (nSPS) is 11.0. The molecule has 0 aliphatic rings. The molecule has 0 saturated carbocycles. The molecule has 2 aromatic heterocycles. The standard InChI is InChI=1S/C17H14FN5/c18-13-9-12(5-6-16(13)23-8-7-19-11-23)10-20-17-21-14-3-1-2-4-15(14)22-17/h1-9,11H,10H2,(H2,20,21,22). The summed E-state index contributed by atoms with van der Waals surface area (Å²) in [6, 6.07) is 12.9. The van der Waals surface area contributed by atoms with Crippen LogP contribution in [0.15, 0.2) is 61.2 Å². The molecule has 0 aliphatic carbocycles. The van der Waals surface area contributed by atoms with Gasteiger partial charge in [-0.2, -0.15) is 0 Å². The molecule has 2 aromatic carbocycles. The molecule has 0 aliphatic heterocycles. The fourth-order valence-electron chi connectivity index (χ4n) is 2.49. The highest BCUT2D eigenvalue weighted by atomic mass is 19.1. The van der Waals surface area contributed by atoms with Crippen LogP contribution in [0.5, 0.6) is 0 Å². The van der Waals surface area contributed by atoms with Crippen LogP contribution in [-0.2, 0) is 6.54 Å². The van der Waals surface area contributed by atoms with Crippen LogP contribution < -0.4 is 5.32 Å². The molecule has 0 spiro atoms. The lowest BCUT2D eigenvalue weighted by atomic mass is 10.2. The summed E-state index contributed by atoms with van der Waals surface area (Å²) in [4.78, 5) is 11.6. The van der Waals surface area contributed by atoms with E-state index in [1.54, 1.807) is 29.4 Å². The molecule has 5 nitrogen and oxygen atoms in total. The van der Waals surface area contributed by atoms with Gasteiger partial charge in [-0.1, -0.05) is 18.2 Å². The van der Waals surface area contributed by atoms with E-state index >= 15 is 0 Å². The number of nitrogens with one attached hydrogen (secondary N) is 2. The lowest BCUT2D eigenvalue weighted by Crippen LogP contribution is -2.03. The van der Waals surface area contributed by atoms with Crippen molar-refractivity contribution in [2.24, 2.45) is 0 Å². The van der Waals surface area contributed by atoms with Gasteiger partial charge in [0.15, 0.2) is 0 Å². The number of imidazole rings is 2. The van der Waals surface area contributed by atoms with Gasteiger partial charge in [-0.3, -0.25) is 0 Å². The first-order chi connectivity index (χ1) is 11.3. The molecule has 2 heterocycles. The Morgan fingerprint density at radius 2 is 2.09 bits per heavy atom. The Labute approximate surface area is 131 Å². The van der Waals surface area contributed by atoms with Gasteiger partial charge in [-0.25, -0.2) is 14.4 Å². The van der Waals surface area contributed by atoms with E-state index in [0.717, 1.165) is 16.6 Å². The molecular weight excluding hydrogens is 293 g/mol. The topological polar surface area (TPSA) is 58.5 Å². The van der Waals surface area contributed by atoms with Crippen molar-refractivity contribution in [3.8, 4) is 5.69 Å². The van der Waals surface area contributed by atoms with Gasteiger partial charge in [-0.05, 0) is 29.8 Å². The summed E-state index contributed by atoms with van der Waals surface area (Å²) in [5, 5.41) is 3.18. The summed E-state index contributed by atoms with van der Waals surface area (Å²) in [5.74, 6) is 0.386. The van der Waals surface area contributed by atoms with E-state index < -0.39 is 0 Å². The Morgan fingerprint density at radius 3 is 2.87 bits per heavy atom. The molecule has 114 valence electrons. The third-order valence-corrected chi connectivity index (χ3v) is 3.64. The maximum Gasteiger partial charge on any atom is 0.201 e. The lowest BCUT2D eigenvalue weighted by Gasteiger charge is -2.07. The number of para-hydroxylation sites is 2. The molecule has 0 bridgehead atoms. The van der Waals surface area contributed by atoms with Gasteiger partial charge in [0, 0.05) is 18.9 Å². The smallest absolute Gasteiger partial charge is 0.201 e. The first-order valence-electron chi connectivity index (χ1n) is 7.25. The van der Waals surface area contributed by atoms with E-state index in [1.165, 1.54) is 6.07 Å². The number of hydrogen-bond acceptors (Lipinski definition) is 3. The summed E-state index contributed by atoms with van der Waals surface area (Å²) in [6.07, 6.45) is 4.91. The van der Waals surface area contributed by atoms with E-state index in [-0.39, 0.29) is 5.82 Å². The van der Waals surface area contributed by atoms with Gasteiger partial charge in [0.25, 0.3) is 0 Å². The quantitative estimate of drug-likeness (QED) is 0.606. The highest BCUT2D eigenvalue weighted by Crippen LogP contribution is 2.17. The average Bonchev–Trinajstić information content (AvgIpc) is 3.22. The molecule has 0 saturated heterocycles. The first kappa shape index (κ1) is 13.5. The summed E-state index contributed by atoms with van der Waals surface area (Å²) < 4.78 is 15.9. The van der Waals surface area contributed by atoms with Crippen molar-refractivity contribution in [3.05, 3.63) is 72.6 Å². The van der Waals surface area contributed by atoms with Crippen LogP contribution in [0.25, 0.3) is 16.7 Å². The fraction of sp³-hybridized carbons (Fsp3) is 0.0588. The minimum atomic E-state index is -0.285. The van der Waals surface area contributed by atoms with Crippen LogP contribution in [-0.4, -0.2) is 19.5 Å². The predicted octanol–water partition coefficient (Wildman–Crippen LogP) is 3.50. The molecule has 0 radical (unpaired) electrons. The average molecular weight is 307 g/mol. The number of rotatable bonds is 4. The maximum atomic E-state index is 14.2. The number of anilines is 1. The number of benzene rings is 2. The molecule has 2 N–H and O–H groups in total. The first-order valence-corrected chi connectivity index (χ1v) is 7.25. The zero-order valence-electron chi connectivity index (χ0n) is 12.2. The summed E-state index contributed by atoms with van der Waals surface area (Å²) in [6.45, 7) is 0.487. The number of aromatic amines is 1. The minimum Gasteiger partial charge on any atom is -0.352 e. The van der Waals surface area contributed by atoms with Crippen molar-refractivity contribution in [1.82, 2.24) is 19.5 Å². The molecule has 4 rings (SSSR count). The van der Waals surface area contributed by atoms with Gasteiger partial charge >= 0.3 is 0 Å². The van der Waals surface area contributed by atoms with Crippen molar-refractivity contribution < 1.29 is 4.39 Å². The molecule has 0 atom stereocenters. The summed E-state index contributed by atoms with van der Waals surface area (Å²) in [7, 11) is 0. The Balaban J connectivity index is 1.51. The Kier molecular flexibility index (Phi) is 3.27. The van der Waals surface area contributed by atoms with Crippen molar-refractivity contribution in [3.63, 3.8) is 0 Å². The van der Waals surface area contributed by atoms with Crippen LogP contribution >= 0.6 is 0 Å². The third-order valence-electron chi connectivity index (χ3n) is 3.64. The van der Waals surface area contributed by atoms with Gasteiger partial charge in [0.05, 0.1) is 23.0 Å². The summed E-state index contributed by atoms with van der Waals surface area (Å²) >= 11 is 0. The largest absolute Gasteiger partial charge is 0.352 e. The van der Waals surface area contributed by atoms with Crippen LogP contribution in [0.2, 0.25) is 0 Å². The second-order valence-electron chi connectivity index (χ2n) is 5.21. The Bertz CT molecular complexity index is 910. The zero-order chi connectivity index (χ0) is 15.6. The third kappa shape index (κ3) is 2.66. The van der Waals surface area contributed by atoms with Gasteiger partial charge < -0.3 is 14.9 Å². The van der Waals surface area contributed by atoms with Crippen molar-refractivity contribution >= 4 is 17.0 Å². The molecule has 0 unspecified atom stereocenters. The monoisotopic (exact) mass is 307 g/mol. The molecule has 0 fully saturated rings. The van der Waals surface area contributed by atoms with Crippen LogP contribution in [0.1, 0.15) is 5.56 Å². The van der Waals surface area contributed by atoms with Gasteiger partial charge in [-0.15, -0.1) is 0 Å². The van der Waals surface area contributed by atoms with Crippen LogP contribution in [0.3, 0.4) is 0 Å². The SMILES string of the molecule is Fc1cc(CNc2nc3ccccc3[nH]2)ccc1-n1ccnc1. The number of hydrogen-bond donors (Lipinski definition) is 2. The molecule has 4 aromatic rings. The second-order valence-corrected chi connectivity index (χ2v) is 5.21. The highest BCUT2D eigenvalue weighted by molar-refractivity contribution is 5.77. The maximum absolute atomic E-state index is 14.2. The van der Waals surface area contributed by atoms with Crippen LogP contribution in [0.4, 0.5) is 10.3 Å². The van der Waals surface area contributed by atoms with Crippen molar-refractivity contribution in [2.45, 2.75) is 6.54 Å². The number of fused-ring (bicyclic) bond motifs is 1. The lowest BCUT2D eigenvalue weighted by molar-refractivity contribution is 0.616. The highest BCUT2D eigenvalue weighted by Gasteiger charge is 2.06. The second kappa shape index (κ2) is 5.57. The van der Waals surface area contributed by atoms with Crippen LogP contribution in [0, 0.1) is 5.82 Å². The number of H-pyrrole nitrogens is 1. The minimum absolute atomic E-state index is 0.285. The van der Waals surface area contributed by atoms with E-state index in [1.807, 2.05) is 30.3 Å². The number of nitrogens with zero attached hydrogens (tertiary/aromatic N) is 3. The Morgan fingerprint density at radius 1 is 1.17 bits per heavy atom. The fourth-order valence-corrected chi connectivity index (χ4v) is 2.49.